The summed E-state index contributed by atoms with van der Waals surface area (Å²) in [5, 5.41) is 4.76. The maximum absolute atomic E-state index is 6.50. The maximum Gasteiger partial charge on any atom is 0.143 e. The Labute approximate surface area is 371 Å². The minimum absolute atomic E-state index is 0.522. The molecule has 0 N–H and O–H groups in total. The third-order valence-corrected chi connectivity index (χ3v) is 13.5. The minimum atomic E-state index is -0.522. The largest absolute Gasteiger partial charge is 0.455 e. The summed E-state index contributed by atoms with van der Waals surface area (Å²) in [6.45, 7) is 0. The number of benzene rings is 10. The molecule has 0 saturated heterocycles. The summed E-state index contributed by atoms with van der Waals surface area (Å²) in [6.07, 6.45) is 0. The van der Waals surface area contributed by atoms with E-state index in [0.29, 0.717) is 0 Å². The molecule has 0 unspecified atom stereocenters. The lowest BCUT2D eigenvalue weighted by molar-refractivity contribution is 0.670. The van der Waals surface area contributed by atoms with Crippen molar-refractivity contribution < 1.29 is 4.42 Å². The van der Waals surface area contributed by atoms with Crippen LogP contribution in [-0.4, -0.2) is 4.57 Å². The highest BCUT2D eigenvalue weighted by atomic mass is 16.3. The molecular formula is C61H40N2O. The quantitative estimate of drug-likeness (QED) is 0.160. The van der Waals surface area contributed by atoms with E-state index in [2.05, 4.69) is 240 Å². The number of hydrogen-bond acceptors (Lipinski definition) is 2. The second-order valence-corrected chi connectivity index (χ2v) is 16.8. The predicted octanol–water partition coefficient (Wildman–Crippen LogP) is 16.2. The molecule has 13 rings (SSSR count). The summed E-state index contributed by atoms with van der Waals surface area (Å²) in [5.41, 5.74) is 17.8. The molecule has 3 heteroatoms. The molecule has 0 bridgehead atoms. The topological polar surface area (TPSA) is 21.3 Å². The molecule has 0 saturated carbocycles. The predicted molar refractivity (Wildman–Crippen MR) is 265 cm³/mol. The first-order valence-corrected chi connectivity index (χ1v) is 22.0. The van der Waals surface area contributed by atoms with Gasteiger partial charge in [-0.25, -0.2) is 0 Å². The first kappa shape index (κ1) is 36.3. The van der Waals surface area contributed by atoms with Crippen LogP contribution < -0.4 is 4.90 Å². The standard InChI is InChI=1S/C61H40N2O/c1-3-16-42(17-4-1)61(43-18-5-2-6-19-43)55-26-11-7-20-49(55)50-39-38-47(40-56(50)61)62(44-32-30-41(31-33-44)48-24-15-25-54-53-23-10-14-29-59(53)64-60(48)54)45-34-36-46(37-35-45)63-57-27-12-8-21-51(57)52-22-9-13-28-58(52)63/h1-40H. The van der Waals surface area contributed by atoms with Gasteiger partial charge in [0.15, 0.2) is 0 Å². The highest BCUT2D eigenvalue weighted by molar-refractivity contribution is 6.10. The van der Waals surface area contributed by atoms with Crippen LogP contribution in [0.25, 0.3) is 71.7 Å². The van der Waals surface area contributed by atoms with Gasteiger partial charge in [-0.15, -0.1) is 0 Å². The molecular weight excluding hydrogens is 777 g/mol. The SMILES string of the molecule is c1ccc(C2(c3ccccc3)c3ccccc3-c3ccc(N(c4ccc(-c5cccc6c5oc5ccccc56)cc4)c4ccc(-n5c6ccccc6c6ccccc65)cc4)cc32)cc1. The van der Waals surface area contributed by atoms with Gasteiger partial charge in [0, 0.05) is 49.9 Å². The fourth-order valence-corrected chi connectivity index (χ4v) is 10.7. The van der Waals surface area contributed by atoms with Crippen LogP contribution in [0.4, 0.5) is 17.1 Å². The molecule has 64 heavy (non-hydrogen) atoms. The van der Waals surface area contributed by atoms with E-state index in [4.69, 9.17) is 4.42 Å². The number of aromatic nitrogens is 1. The molecule has 300 valence electrons. The van der Waals surface area contributed by atoms with Gasteiger partial charge in [0.1, 0.15) is 11.2 Å². The van der Waals surface area contributed by atoms with Gasteiger partial charge in [-0.1, -0.05) is 176 Å². The van der Waals surface area contributed by atoms with Crippen LogP contribution in [0.1, 0.15) is 22.3 Å². The zero-order valence-electron chi connectivity index (χ0n) is 34.9. The summed E-state index contributed by atoms with van der Waals surface area (Å²) in [6, 6.07) is 88.3. The van der Waals surface area contributed by atoms with Crippen LogP contribution in [-0.2, 0) is 5.41 Å². The molecule has 0 spiro atoms. The molecule has 0 fully saturated rings. The van der Waals surface area contributed by atoms with Gasteiger partial charge in [0.25, 0.3) is 0 Å². The highest BCUT2D eigenvalue weighted by Gasteiger charge is 2.46. The van der Waals surface area contributed by atoms with Crippen molar-refractivity contribution >= 4 is 60.8 Å². The lowest BCUT2D eigenvalue weighted by Crippen LogP contribution is -2.28. The summed E-state index contributed by atoms with van der Waals surface area (Å²) in [7, 11) is 0. The van der Waals surface area contributed by atoms with Crippen molar-refractivity contribution in [3.8, 4) is 27.9 Å². The number of hydrogen-bond donors (Lipinski definition) is 0. The molecule has 0 aliphatic heterocycles. The Bertz CT molecular complexity index is 3620. The van der Waals surface area contributed by atoms with Crippen LogP contribution >= 0.6 is 0 Å². The van der Waals surface area contributed by atoms with Gasteiger partial charge in [0.05, 0.1) is 16.4 Å². The molecule has 12 aromatic rings. The fourth-order valence-electron chi connectivity index (χ4n) is 10.7. The molecule has 1 aliphatic carbocycles. The lowest BCUT2D eigenvalue weighted by atomic mass is 9.67. The van der Waals surface area contributed by atoms with Crippen molar-refractivity contribution in [2.24, 2.45) is 0 Å². The van der Waals surface area contributed by atoms with Crippen molar-refractivity contribution in [1.29, 1.82) is 0 Å². The Morgan fingerprint density at radius 1 is 0.359 bits per heavy atom. The summed E-state index contributed by atoms with van der Waals surface area (Å²) in [4.78, 5) is 2.41. The molecule has 0 radical (unpaired) electrons. The molecule has 10 aromatic carbocycles. The van der Waals surface area contributed by atoms with E-state index < -0.39 is 5.41 Å². The van der Waals surface area contributed by atoms with Crippen molar-refractivity contribution in [3.05, 3.63) is 265 Å². The normalized spacial score (nSPS) is 12.8. The number of nitrogens with zero attached hydrogens (tertiary/aromatic N) is 2. The van der Waals surface area contributed by atoms with E-state index in [1.807, 2.05) is 12.1 Å². The zero-order chi connectivity index (χ0) is 42.2. The van der Waals surface area contributed by atoms with E-state index >= 15 is 0 Å². The highest BCUT2D eigenvalue weighted by Crippen LogP contribution is 2.57. The first-order valence-electron chi connectivity index (χ1n) is 22.0. The van der Waals surface area contributed by atoms with Gasteiger partial charge >= 0.3 is 0 Å². The maximum atomic E-state index is 6.50. The average molecular weight is 817 g/mol. The summed E-state index contributed by atoms with van der Waals surface area (Å²) >= 11 is 0. The minimum Gasteiger partial charge on any atom is -0.455 e. The number of anilines is 3. The molecule has 0 atom stereocenters. The van der Waals surface area contributed by atoms with Gasteiger partial charge in [-0.3, -0.25) is 0 Å². The smallest absolute Gasteiger partial charge is 0.143 e. The lowest BCUT2D eigenvalue weighted by Gasteiger charge is -2.35. The Morgan fingerprint density at radius 2 is 0.875 bits per heavy atom. The molecule has 1 aliphatic rings. The second-order valence-electron chi connectivity index (χ2n) is 16.8. The summed E-state index contributed by atoms with van der Waals surface area (Å²) < 4.78 is 8.88. The van der Waals surface area contributed by atoms with Crippen molar-refractivity contribution in [2.45, 2.75) is 5.41 Å². The van der Waals surface area contributed by atoms with Crippen LogP contribution in [0.15, 0.2) is 247 Å². The van der Waals surface area contributed by atoms with Crippen molar-refractivity contribution in [2.75, 3.05) is 4.90 Å². The number of para-hydroxylation sites is 4. The molecule has 3 nitrogen and oxygen atoms in total. The molecule has 2 aromatic heterocycles. The Hall–Kier alpha value is -8.40. The number of fused-ring (bicyclic) bond motifs is 9. The molecule has 2 heterocycles. The monoisotopic (exact) mass is 816 g/mol. The fraction of sp³-hybridized carbons (Fsp3) is 0.0164. The van der Waals surface area contributed by atoms with Gasteiger partial charge < -0.3 is 13.9 Å². The van der Waals surface area contributed by atoms with E-state index in [0.717, 1.165) is 55.8 Å². The Balaban J connectivity index is 1.01. The third-order valence-electron chi connectivity index (χ3n) is 13.5. The van der Waals surface area contributed by atoms with E-state index in [9.17, 15) is 0 Å². The van der Waals surface area contributed by atoms with Crippen LogP contribution in [0.2, 0.25) is 0 Å². The zero-order valence-corrected chi connectivity index (χ0v) is 34.9. The van der Waals surface area contributed by atoms with E-state index in [-0.39, 0.29) is 0 Å². The third kappa shape index (κ3) is 5.34. The number of furan rings is 1. The van der Waals surface area contributed by atoms with E-state index in [1.165, 1.54) is 55.2 Å². The number of rotatable bonds is 7. The van der Waals surface area contributed by atoms with Crippen LogP contribution in [0.3, 0.4) is 0 Å². The van der Waals surface area contributed by atoms with Crippen molar-refractivity contribution in [1.82, 2.24) is 4.57 Å². The molecule has 0 amide bonds. The average Bonchev–Trinajstić information content (AvgIpc) is 4.02. The van der Waals surface area contributed by atoms with Gasteiger partial charge in [-0.05, 0) is 106 Å². The summed E-state index contributed by atoms with van der Waals surface area (Å²) in [5.74, 6) is 0. The van der Waals surface area contributed by atoms with Gasteiger partial charge in [-0.2, -0.15) is 0 Å². The van der Waals surface area contributed by atoms with Crippen LogP contribution in [0.5, 0.6) is 0 Å². The second kappa shape index (κ2) is 14.3. The Kier molecular flexibility index (Phi) is 8.13. The van der Waals surface area contributed by atoms with E-state index in [1.54, 1.807) is 0 Å². The first-order chi connectivity index (χ1) is 31.8. The Morgan fingerprint density at radius 3 is 1.56 bits per heavy atom. The van der Waals surface area contributed by atoms with Gasteiger partial charge in [0.2, 0.25) is 0 Å². The van der Waals surface area contributed by atoms with Crippen LogP contribution in [0, 0.1) is 0 Å². The van der Waals surface area contributed by atoms with Crippen molar-refractivity contribution in [3.63, 3.8) is 0 Å².